The van der Waals surface area contributed by atoms with Crippen molar-refractivity contribution in [2.45, 2.75) is 38.1 Å². The first-order chi connectivity index (χ1) is 9.63. The minimum atomic E-state index is -5.71. The van der Waals surface area contributed by atoms with Crippen LogP contribution in [0.4, 0.5) is 13.2 Å². The second-order valence-corrected chi connectivity index (χ2v) is 6.37. The highest BCUT2D eigenvalue weighted by Gasteiger charge is 2.48. The molecule has 0 saturated carbocycles. The summed E-state index contributed by atoms with van der Waals surface area (Å²) < 4.78 is 63.3. The molecule has 1 aromatic rings. The number of carbonyl (C=O) groups is 1. The molecule has 0 aromatic heterocycles. The molecule has 0 atom stereocenters. The Morgan fingerprint density at radius 3 is 2.38 bits per heavy atom. The van der Waals surface area contributed by atoms with E-state index in [4.69, 9.17) is 0 Å². The first-order valence-electron chi connectivity index (χ1n) is 6.30. The molecule has 1 aliphatic carbocycles. The van der Waals surface area contributed by atoms with Crippen LogP contribution in [0.25, 0.3) is 0 Å². The van der Waals surface area contributed by atoms with Crippen LogP contribution in [0.2, 0.25) is 0 Å². The van der Waals surface area contributed by atoms with Crippen LogP contribution < -0.4 is 4.18 Å². The van der Waals surface area contributed by atoms with Gasteiger partial charge in [0.2, 0.25) is 0 Å². The molecule has 0 unspecified atom stereocenters. The quantitative estimate of drug-likeness (QED) is 0.477. The van der Waals surface area contributed by atoms with Gasteiger partial charge >= 0.3 is 15.6 Å². The van der Waals surface area contributed by atoms with E-state index in [-0.39, 0.29) is 17.1 Å². The third-order valence-electron chi connectivity index (χ3n) is 3.41. The predicted molar refractivity (Wildman–Crippen MR) is 68.7 cm³/mol. The summed E-state index contributed by atoms with van der Waals surface area (Å²) in [5, 5.41) is 0. The molecule has 8 heteroatoms. The van der Waals surface area contributed by atoms with E-state index in [0.29, 0.717) is 30.4 Å². The van der Waals surface area contributed by atoms with Gasteiger partial charge in [0.1, 0.15) is 5.75 Å². The number of hydrogen-bond acceptors (Lipinski definition) is 4. The summed E-state index contributed by atoms with van der Waals surface area (Å²) in [6, 6.07) is 2.43. The molecule has 0 saturated heterocycles. The lowest BCUT2D eigenvalue weighted by Gasteiger charge is -2.15. The zero-order valence-electron chi connectivity index (χ0n) is 11.2. The summed E-state index contributed by atoms with van der Waals surface area (Å²) in [5.41, 5.74) is -4.23. The summed E-state index contributed by atoms with van der Waals surface area (Å²) in [7, 11) is -5.71. The Kier molecular flexibility index (Phi) is 4.01. The molecule has 21 heavy (non-hydrogen) atoms. The Morgan fingerprint density at radius 2 is 1.76 bits per heavy atom. The Balaban J connectivity index is 2.45. The van der Waals surface area contributed by atoms with E-state index in [1.807, 2.05) is 0 Å². The average Bonchev–Trinajstić information content (AvgIpc) is 2.54. The van der Waals surface area contributed by atoms with E-state index in [1.165, 1.54) is 13.0 Å². The normalized spacial score (nSPS) is 16.3. The molecule has 0 N–H and O–H groups in total. The van der Waals surface area contributed by atoms with Crippen molar-refractivity contribution in [3.63, 3.8) is 0 Å². The third-order valence-corrected chi connectivity index (χ3v) is 4.38. The second-order valence-electron chi connectivity index (χ2n) is 4.83. The van der Waals surface area contributed by atoms with Gasteiger partial charge in [0.25, 0.3) is 0 Å². The number of alkyl halides is 3. The fraction of sp³-hybridized carbons (Fsp3) is 0.462. The standard InChI is InChI=1S/C13H13F3O4S/c1-8-9-4-2-3-5-11(17)10(9)6-7-12(8)20-21(18,19)13(14,15)16/h6-7H,2-5H2,1H3. The summed E-state index contributed by atoms with van der Waals surface area (Å²) in [5.74, 6) is -0.475. The van der Waals surface area contributed by atoms with Crippen LogP contribution in [0.3, 0.4) is 0 Å². The van der Waals surface area contributed by atoms with Crippen molar-refractivity contribution < 1.29 is 30.6 Å². The monoisotopic (exact) mass is 322 g/mol. The molecule has 0 radical (unpaired) electrons. The number of benzene rings is 1. The molecule has 0 aliphatic heterocycles. The van der Waals surface area contributed by atoms with Crippen molar-refractivity contribution >= 4 is 15.9 Å². The van der Waals surface area contributed by atoms with Gasteiger partial charge in [0.15, 0.2) is 5.78 Å². The number of Topliss-reactive ketones (excluding diaryl/α,β-unsaturated/α-hetero) is 1. The molecule has 1 aromatic carbocycles. The van der Waals surface area contributed by atoms with E-state index in [2.05, 4.69) is 4.18 Å². The first-order valence-corrected chi connectivity index (χ1v) is 7.71. The lowest BCUT2D eigenvalue weighted by atomic mass is 9.97. The van der Waals surface area contributed by atoms with Crippen LogP contribution in [-0.4, -0.2) is 19.7 Å². The van der Waals surface area contributed by atoms with Crippen molar-refractivity contribution in [1.29, 1.82) is 0 Å². The summed E-state index contributed by atoms with van der Waals surface area (Å²) >= 11 is 0. The van der Waals surface area contributed by atoms with Crippen molar-refractivity contribution in [1.82, 2.24) is 0 Å². The van der Waals surface area contributed by atoms with Gasteiger partial charge in [-0.05, 0) is 49.4 Å². The number of rotatable bonds is 2. The van der Waals surface area contributed by atoms with Gasteiger partial charge < -0.3 is 4.18 Å². The minimum Gasteiger partial charge on any atom is -0.376 e. The maximum Gasteiger partial charge on any atom is 0.534 e. The lowest BCUT2D eigenvalue weighted by molar-refractivity contribution is -0.0500. The maximum atomic E-state index is 12.3. The molecular formula is C13H13F3O4S. The molecule has 0 bridgehead atoms. The molecule has 0 heterocycles. The molecule has 116 valence electrons. The number of ketones is 1. The molecule has 2 rings (SSSR count). The molecular weight excluding hydrogens is 309 g/mol. The third kappa shape index (κ3) is 3.04. The zero-order valence-corrected chi connectivity index (χ0v) is 12.0. The molecule has 4 nitrogen and oxygen atoms in total. The molecule has 0 spiro atoms. The second kappa shape index (κ2) is 5.32. The van der Waals surface area contributed by atoms with E-state index < -0.39 is 15.6 Å². The smallest absolute Gasteiger partial charge is 0.376 e. The highest BCUT2D eigenvalue weighted by Crippen LogP contribution is 2.33. The average molecular weight is 322 g/mol. The Morgan fingerprint density at radius 1 is 1.14 bits per heavy atom. The van der Waals surface area contributed by atoms with E-state index in [9.17, 15) is 26.4 Å². The van der Waals surface area contributed by atoms with Crippen molar-refractivity contribution in [2.24, 2.45) is 0 Å². The Labute approximate surface area is 120 Å². The number of halogens is 3. The number of fused-ring (bicyclic) bond motifs is 1. The largest absolute Gasteiger partial charge is 0.534 e. The Bertz CT molecular complexity index is 677. The van der Waals surface area contributed by atoms with Crippen LogP contribution in [0.15, 0.2) is 12.1 Å². The summed E-state index contributed by atoms with van der Waals surface area (Å²) in [6.45, 7) is 1.46. The van der Waals surface area contributed by atoms with Gasteiger partial charge in [-0.15, -0.1) is 0 Å². The number of hydrogen-bond donors (Lipinski definition) is 0. The molecule has 0 fully saturated rings. The van der Waals surface area contributed by atoms with Gasteiger partial charge in [-0.3, -0.25) is 4.79 Å². The topological polar surface area (TPSA) is 60.4 Å². The van der Waals surface area contributed by atoms with Gasteiger partial charge in [-0.25, -0.2) is 0 Å². The first kappa shape index (κ1) is 15.8. The van der Waals surface area contributed by atoms with E-state index in [0.717, 1.165) is 12.5 Å². The van der Waals surface area contributed by atoms with Crippen LogP contribution in [0.5, 0.6) is 5.75 Å². The van der Waals surface area contributed by atoms with Gasteiger partial charge in [0, 0.05) is 12.0 Å². The Hall–Kier alpha value is -1.57. The van der Waals surface area contributed by atoms with Gasteiger partial charge in [0.05, 0.1) is 0 Å². The summed E-state index contributed by atoms with van der Waals surface area (Å²) in [4.78, 5) is 11.9. The lowest BCUT2D eigenvalue weighted by Crippen LogP contribution is -2.28. The number of carbonyl (C=O) groups excluding carboxylic acids is 1. The van der Waals surface area contributed by atoms with E-state index >= 15 is 0 Å². The van der Waals surface area contributed by atoms with Crippen molar-refractivity contribution in [2.75, 3.05) is 0 Å². The maximum absolute atomic E-state index is 12.3. The van der Waals surface area contributed by atoms with E-state index in [1.54, 1.807) is 0 Å². The van der Waals surface area contributed by atoms with Crippen LogP contribution in [0.1, 0.15) is 40.7 Å². The fourth-order valence-electron chi connectivity index (χ4n) is 2.30. The SMILES string of the molecule is Cc1c(OS(=O)(=O)C(F)(F)F)ccc2c1CCCCC2=O. The van der Waals surface area contributed by atoms with Gasteiger partial charge in [-0.1, -0.05) is 0 Å². The molecule has 1 aliphatic rings. The van der Waals surface area contributed by atoms with Crippen LogP contribution in [0, 0.1) is 6.92 Å². The van der Waals surface area contributed by atoms with Crippen LogP contribution in [-0.2, 0) is 16.5 Å². The predicted octanol–water partition coefficient (Wildman–Crippen LogP) is 3.13. The summed E-state index contributed by atoms with van der Waals surface area (Å²) in [6.07, 6.45) is 2.31. The highest BCUT2D eigenvalue weighted by atomic mass is 32.2. The van der Waals surface area contributed by atoms with Gasteiger partial charge in [-0.2, -0.15) is 21.6 Å². The zero-order chi connectivity index (χ0) is 15.8. The minimum absolute atomic E-state index is 0.0872. The van der Waals surface area contributed by atoms with Crippen molar-refractivity contribution in [3.8, 4) is 5.75 Å². The van der Waals surface area contributed by atoms with Crippen molar-refractivity contribution in [3.05, 3.63) is 28.8 Å². The highest BCUT2D eigenvalue weighted by molar-refractivity contribution is 7.88. The fourth-order valence-corrected chi connectivity index (χ4v) is 2.81. The van der Waals surface area contributed by atoms with Crippen LogP contribution >= 0.6 is 0 Å². The molecule has 0 amide bonds.